The number of nitrogen functional groups attached to an aromatic ring is 1. The van der Waals surface area contributed by atoms with Crippen molar-refractivity contribution in [2.45, 2.75) is 0 Å². The average Bonchev–Trinajstić information content (AvgIpc) is 1.95. The van der Waals surface area contributed by atoms with E-state index >= 15 is 0 Å². The van der Waals surface area contributed by atoms with E-state index in [2.05, 4.69) is 4.74 Å². The molecule has 0 radical (unpaired) electrons. The van der Waals surface area contributed by atoms with Crippen LogP contribution in [0.1, 0.15) is 0 Å². The van der Waals surface area contributed by atoms with Gasteiger partial charge in [-0.1, -0.05) is 0 Å². The Labute approximate surface area is 62.6 Å². The van der Waals surface area contributed by atoms with Crippen molar-refractivity contribution in [3.63, 3.8) is 0 Å². The number of nitrogens with two attached hydrogens (primary N) is 1. The van der Waals surface area contributed by atoms with Crippen LogP contribution in [0.4, 0.5) is 14.5 Å². The maximum absolute atomic E-state index is 12.7. The fourth-order valence-electron chi connectivity index (χ4n) is 0.693. The summed E-state index contributed by atoms with van der Waals surface area (Å²) in [4.78, 5) is 0. The molecule has 0 spiro atoms. The summed E-state index contributed by atoms with van der Waals surface area (Å²) in [5, 5.41) is 0. The van der Waals surface area contributed by atoms with Crippen molar-refractivity contribution in [1.29, 1.82) is 0 Å². The minimum atomic E-state index is -1.04. The molecule has 0 atom stereocenters. The van der Waals surface area contributed by atoms with Crippen molar-refractivity contribution in [3.05, 3.63) is 24.0 Å². The van der Waals surface area contributed by atoms with Crippen molar-refractivity contribution < 1.29 is 13.5 Å². The summed E-state index contributed by atoms with van der Waals surface area (Å²) in [6, 6.07) is 3.79. The number of benzene rings is 1. The average molecular weight is 159 g/mol. The molecule has 0 amide bonds. The van der Waals surface area contributed by atoms with Gasteiger partial charge in [0.1, 0.15) is 0 Å². The quantitative estimate of drug-likeness (QED) is 0.666. The summed E-state index contributed by atoms with van der Waals surface area (Å²) < 4.78 is 28.5. The Hall–Kier alpha value is -1.32. The monoisotopic (exact) mass is 159 g/mol. The zero-order chi connectivity index (χ0) is 8.27. The number of hydrogen-bond donors (Lipinski definition) is 1. The van der Waals surface area contributed by atoms with Gasteiger partial charge in [-0.25, -0.2) is 8.78 Å². The molecule has 0 aromatic heterocycles. The van der Waals surface area contributed by atoms with Gasteiger partial charge >= 0.3 is 0 Å². The van der Waals surface area contributed by atoms with E-state index in [9.17, 15) is 8.78 Å². The summed E-state index contributed by atoms with van der Waals surface area (Å²) in [6.07, 6.45) is 0. The van der Waals surface area contributed by atoms with Gasteiger partial charge in [-0.3, -0.25) is 0 Å². The van der Waals surface area contributed by atoms with Gasteiger partial charge in [-0.2, -0.15) is 0 Å². The molecule has 0 aliphatic carbocycles. The third kappa shape index (κ3) is 1.80. The standard InChI is InChI=1S/C7H7F2NO/c8-4-11-7-2-1-5(10)3-6(7)9/h1-3H,4,10H2. The molecule has 2 nitrogen and oxygen atoms in total. The number of alkyl halides is 1. The molecule has 0 bridgehead atoms. The van der Waals surface area contributed by atoms with Gasteiger partial charge in [-0.15, -0.1) is 0 Å². The van der Waals surface area contributed by atoms with Crippen LogP contribution in [-0.4, -0.2) is 6.86 Å². The van der Waals surface area contributed by atoms with Crippen molar-refractivity contribution in [3.8, 4) is 5.75 Å². The van der Waals surface area contributed by atoms with Crippen LogP contribution in [0.3, 0.4) is 0 Å². The lowest BCUT2D eigenvalue weighted by atomic mass is 10.3. The Morgan fingerprint density at radius 3 is 2.73 bits per heavy atom. The van der Waals surface area contributed by atoms with E-state index in [1.807, 2.05) is 0 Å². The smallest absolute Gasteiger partial charge is 0.228 e. The molecular weight excluding hydrogens is 152 g/mol. The van der Waals surface area contributed by atoms with Crippen LogP contribution in [0, 0.1) is 5.82 Å². The van der Waals surface area contributed by atoms with Gasteiger partial charge in [0.25, 0.3) is 0 Å². The minimum absolute atomic E-state index is 0.123. The maximum atomic E-state index is 12.7. The highest BCUT2D eigenvalue weighted by atomic mass is 19.1. The molecule has 4 heteroatoms. The molecule has 11 heavy (non-hydrogen) atoms. The van der Waals surface area contributed by atoms with Gasteiger partial charge in [0.05, 0.1) is 0 Å². The summed E-state index contributed by atoms with van der Waals surface area (Å²) in [6.45, 7) is -1.04. The highest BCUT2D eigenvalue weighted by Gasteiger charge is 2.01. The molecule has 0 aliphatic rings. The summed E-state index contributed by atoms with van der Waals surface area (Å²) in [7, 11) is 0. The Morgan fingerprint density at radius 1 is 1.45 bits per heavy atom. The van der Waals surface area contributed by atoms with Crippen molar-refractivity contribution >= 4 is 5.69 Å². The first-order chi connectivity index (χ1) is 5.24. The lowest BCUT2D eigenvalue weighted by molar-refractivity contribution is 0.184. The first-order valence-electron chi connectivity index (χ1n) is 2.98. The first-order valence-corrected chi connectivity index (χ1v) is 2.98. The lowest BCUT2D eigenvalue weighted by Crippen LogP contribution is -1.94. The van der Waals surface area contributed by atoms with Crippen LogP contribution in [-0.2, 0) is 0 Å². The van der Waals surface area contributed by atoms with Gasteiger partial charge < -0.3 is 10.5 Å². The van der Waals surface area contributed by atoms with E-state index in [-0.39, 0.29) is 11.4 Å². The number of ether oxygens (including phenoxy) is 1. The summed E-state index contributed by atoms with van der Waals surface area (Å²) in [5.74, 6) is -0.774. The molecule has 60 valence electrons. The molecule has 1 aromatic rings. The minimum Gasteiger partial charge on any atom is -0.460 e. The number of halogens is 2. The van der Waals surface area contributed by atoms with E-state index in [4.69, 9.17) is 5.73 Å². The predicted octanol–water partition coefficient (Wildman–Crippen LogP) is 1.71. The SMILES string of the molecule is Nc1ccc(OCF)c(F)c1. The molecular formula is C7H7F2NO. The third-order valence-electron chi connectivity index (χ3n) is 1.17. The molecule has 0 heterocycles. The lowest BCUT2D eigenvalue weighted by Gasteiger charge is -2.02. The second-order valence-corrected chi connectivity index (χ2v) is 1.94. The van der Waals surface area contributed by atoms with Crippen LogP contribution >= 0.6 is 0 Å². The third-order valence-corrected chi connectivity index (χ3v) is 1.17. The molecule has 1 aromatic carbocycles. The van der Waals surface area contributed by atoms with Crippen molar-refractivity contribution in [2.24, 2.45) is 0 Å². The van der Waals surface area contributed by atoms with E-state index in [1.165, 1.54) is 12.1 Å². The van der Waals surface area contributed by atoms with Gasteiger partial charge in [0.15, 0.2) is 11.6 Å². The van der Waals surface area contributed by atoms with Crippen LogP contribution < -0.4 is 10.5 Å². The summed E-state index contributed by atoms with van der Waals surface area (Å²) >= 11 is 0. The van der Waals surface area contributed by atoms with E-state index in [0.29, 0.717) is 0 Å². The van der Waals surface area contributed by atoms with Crippen molar-refractivity contribution in [1.82, 2.24) is 0 Å². The molecule has 0 aliphatic heterocycles. The Morgan fingerprint density at radius 2 is 2.18 bits per heavy atom. The highest BCUT2D eigenvalue weighted by Crippen LogP contribution is 2.18. The predicted molar refractivity (Wildman–Crippen MR) is 37.4 cm³/mol. The molecule has 0 saturated heterocycles. The normalized spacial score (nSPS) is 9.64. The topological polar surface area (TPSA) is 35.2 Å². The van der Waals surface area contributed by atoms with E-state index < -0.39 is 12.7 Å². The van der Waals surface area contributed by atoms with E-state index in [0.717, 1.165) is 6.07 Å². The Balaban J connectivity index is 2.90. The fourth-order valence-corrected chi connectivity index (χ4v) is 0.693. The maximum Gasteiger partial charge on any atom is 0.228 e. The number of rotatable bonds is 2. The number of anilines is 1. The largest absolute Gasteiger partial charge is 0.460 e. The van der Waals surface area contributed by atoms with E-state index in [1.54, 1.807) is 0 Å². The van der Waals surface area contributed by atoms with Gasteiger partial charge in [0.2, 0.25) is 6.86 Å². The van der Waals surface area contributed by atoms with Crippen LogP contribution in [0.2, 0.25) is 0 Å². The second-order valence-electron chi connectivity index (χ2n) is 1.94. The zero-order valence-corrected chi connectivity index (χ0v) is 5.68. The van der Waals surface area contributed by atoms with Gasteiger partial charge in [-0.05, 0) is 12.1 Å². The second kappa shape index (κ2) is 3.18. The van der Waals surface area contributed by atoms with Crippen LogP contribution in [0.15, 0.2) is 18.2 Å². The van der Waals surface area contributed by atoms with Gasteiger partial charge in [0, 0.05) is 11.8 Å². The molecule has 1 rings (SSSR count). The zero-order valence-electron chi connectivity index (χ0n) is 5.68. The Kier molecular flexibility index (Phi) is 2.25. The van der Waals surface area contributed by atoms with Crippen LogP contribution in [0.5, 0.6) is 5.75 Å². The highest BCUT2D eigenvalue weighted by molar-refractivity contribution is 5.42. The fraction of sp³-hybridized carbons (Fsp3) is 0.143. The summed E-state index contributed by atoms with van der Waals surface area (Å²) in [5.41, 5.74) is 5.52. The molecule has 0 unspecified atom stereocenters. The molecule has 2 N–H and O–H groups in total. The molecule has 0 fully saturated rings. The van der Waals surface area contributed by atoms with Crippen molar-refractivity contribution in [2.75, 3.05) is 12.6 Å². The molecule has 0 saturated carbocycles. The van der Waals surface area contributed by atoms with Crippen LogP contribution in [0.25, 0.3) is 0 Å². The first kappa shape index (κ1) is 7.78. The number of hydrogen-bond acceptors (Lipinski definition) is 2. The Bertz CT molecular complexity index is 252.